The smallest absolute Gasteiger partial charge is 0.322 e. The van der Waals surface area contributed by atoms with Gasteiger partial charge in [0, 0.05) is 13.1 Å². The Bertz CT molecular complexity index is 472. The molecule has 104 valence electrons. The number of nitrogens with zero attached hydrogens (tertiary/aromatic N) is 1. The number of carbonyl (C=O) groups is 1. The van der Waals surface area contributed by atoms with Gasteiger partial charge in [0.05, 0.1) is 27.9 Å². The highest BCUT2D eigenvalue weighted by molar-refractivity contribution is 6.43. The fourth-order valence-corrected chi connectivity index (χ4v) is 2.49. The summed E-state index contributed by atoms with van der Waals surface area (Å²) in [6.07, 6.45) is 0.0636. The van der Waals surface area contributed by atoms with Crippen LogP contribution in [-0.2, 0) is 4.74 Å². The van der Waals surface area contributed by atoms with Crippen LogP contribution in [0.5, 0.6) is 0 Å². The summed E-state index contributed by atoms with van der Waals surface area (Å²) in [4.78, 5) is 13.9. The number of ether oxygens (including phenoxy) is 1. The Morgan fingerprint density at radius 3 is 2.58 bits per heavy atom. The standard InChI is InChI=1S/C13H16Cl2N2O2/c1-8-6-17(7-9(2)19-8)13(18)16-11-5-3-4-10(14)12(11)15/h3-5,8-9H,6-7H2,1-2H3,(H,16,18)/t8-,9-/m0/s1. The zero-order valence-corrected chi connectivity index (χ0v) is 12.3. The summed E-state index contributed by atoms with van der Waals surface area (Å²) in [7, 11) is 0. The number of benzene rings is 1. The molecule has 2 rings (SSSR count). The first-order chi connectivity index (χ1) is 8.97. The number of morpholine rings is 1. The fourth-order valence-electron chi connectivity index (χ4n) is 2.14. The van der Waals surface area contributed by atoms with Gasteiger partial charge in [0.2, 0.25) is 0 Å². The van der Waals surface area contributed by atoms with Crippen molar-refractivity contribution in [1.82, 2.24) is 4.90 Å². The van der Waals surface area contributed by atoms with Crippen LogP contribution in [0.4, 0.5) is 10.5 Å². The van der Waals surface area contributed by atoms with Crippen LogP contribution in [0.25, 0.3) is 0 Å². The van der Waals surface area contributed by atoms with Gasteiger partial charge in [-0.25, -0.2) is 4.79 Å². The van der Waals surface area contributed by atoms with Crippen molar-refractivity contribution in [3.05, 3.63) is 28.2 Å². The predicted molar refractivity (Wildman–Crippen MR) is 77.1 cm³/mol. The lowest BCUT2D eigenvalue weighted by Gasteiger charge is -2.35. The summed E-state index contributed by atoms with van der Waals surface area (Å²) in [5, 5.41) is 3.55. The van der Waals surface area contributed by atoms with E-state index < -0.39 is 0 Å². The molecule has 1 aliphatic heterocycles. The molecule has 0 saturated carbocycles. The minimum Gasteiger partial charge on any atom is -0.372 e. The van der Waals surface area contributed by atoms with E-state index in [1.165, 1.54) is 0 Å². The number of hydrogen-bond acceptors (Lipinski definition) is 2. The first kappa shape index (κ1) is 14.4. The summed E-state index contributed by atoms with van der Waals surface area (Å²) in [5.74, 6) is 0. The second-order valence-electron chi connectivity index (χ2n) is 4.69. The Hall–Kier alpha value is -0.970. The number of hydrogen-bond donors (Lipinski definition) is 1. The van der Waals surface area contributed by atoms with Crippen molar-refractivity contribution in [2.45, 2.75) is 26.1 Å². The van der Waals surface area contributed by atoms with Gasteiger partial charge in [0.25, 0.3) is 0 Å². The molecule has 1 N–H and O–H groups in total. The molecule has 6 heteroatoms. The number of rotatable bonds is 1. The minimum atomic E-state index is -0.189. The van der Waals surface area contributed by atoms with Gasteiger partial charge in [-0.3, -0.25) is 0 Å². The topological polar surface area (TPSA) is 41.6 Å². The van der Waals surface area contributed by atoms with E-state index in [9.17, 15) is 4.79 Å². The average molecular weight is 303 g/mol. The Balaban J connectivity index is 2.06. The molecule has 1 aromatic rings. The molecule has 1 saturated heterocycles. The van der Waals surface area contributed by atoms with Crippen LogP contribution in [0, 0.1) is 0 Å². The van der Waals surface area contributed by atoms with Crippen LogP contribution in [-0.4, -0.2) is 36.2 Å². The lowest BCUT2D eigenvalue weighted by atomic mass is 10.2. The van der Waals surface area contributed by atoms with E-state index in [-0.39, 0.29) is 18.2 Å². The molecule has 0 bridgehead atoms. The minimum absolute atomic E-state index is 0.0318. The molecule has 2 atom stereocenters. The molecule has 0 unspecified atom stereocenters. The van der Waals surface area contributed by atoms with Gasteiger partial charge >= 0.3 is 6.03 Å². The van der Waals surface area contributed by atoms with Crippen molar-refractivity contribution >= 4 is 34.9 Å². The number of halogens is 2. The maximum absolute atomic E-state index is 12.2. The Kier molecular flexibility index (Phi) is 4.55. The molecule has 0 aromatic heterocycles. The van der Waals surface area contributed by atoms with Gasteiger partial charge in [-0.2, -0.15) is 0 Å². The van der Waals surface area contributed by atoms with Crippen molar-refractivity contribution in [2.75, 3.05) is 18.4 Å². The summed E-state index contributed by atoms with van der Waals surface area (Å²) in [6, 6.07) is 4.96. The van der Waals surface area contributed by atoms with E-state index in [0.717, 1.165) is 0 Å². The molecule has 4 nitrogen and oxygen atoms in total. The second kappa shape index (κ2) is 5.99. The van der Waals surface area contributed by atoms with E-state index in [4.69, 9.17) is 27.9 Å². The van der Waals surface area contributed by atoms with Crippen LogP contribution >= 0.6 is 23.2 Å². The number of amides is 2. The normalized spacial score (nSPS) is 23.3. The molecule has 2 amide bonds. The highest BCUT2D eigenvalue weighted by Crippen LogP contribution is 2.29. The van der Waals surface area contributed by atoms with Crippen LogP contribution in [0.1, 0.15) is 13.8 Å². The highest BCUT2D eigenvalue weighted by Gasteiger charge is 2.26. The largest absolute Gasteiger partial charge is 0.372 e. The zero-order chi connectivity index (χ0) is 14.0. The Morgan fingerprint density at radius 2 is 1.95 bits per heavy atom. The van der Waals surface area contributed by atoms with Gasteiger partial charge in [-0.15, -0.1) is 0 Å². The van der Waals surface area contributed by atoms with Crippen LogP contribution in [0.3, 0.4) is 0 Å². The number of anilines is 1. The summed E-state index contributed by atoms with van der Waals surface area (Å²) in [5.41, 5.74) is 0.519. The van der Waals surface area contributed by atoms with Crippen molar-refractivity contribution in [3.63, 3.8) is 0 Å². The van der Waals surface area contributed by atoms with E-state index in [1.807, 2.05) is 13.8 Å². The highest BCUT2D eigenvalue weighted by atomic mass is 35.5. The third-order valence-electron chi connectivity index (χ3n) is 2.90. The summed E-state index contributed by atoms with van der Waals surface area (Å²) >= 11 is 12.0. The van der Waals surface area contributed by atoms with Crippen LogP contribution in [0.2, 0.25) is 10.0 Å². The van der Waals surface area contributed by atoms with E-state index in [2.05, 4.69) is 5.32 Å². The van der Waals surface area contributed by atoms with Crippen molar-refractivity contribution in [1.29, 1.82) is 0 Å². The molecule has 0 spiro atoms. The summed E-state index contributed by atoms with van der Waals surface area (Å²) in [6.45, 7) is 5.02. The molecule has 1 aliphatic rings. The van der Waals surface area contributed by atoms with Crippen molar-refractivity contribution < 1.29 is 9.53 Å². The van der Waals surface area contributed by atoms with E-state index in [0.29, 0.717) is 28.8 Å². The quantitative estimate of drug-likeness (QED) is 0.860. The molecular weight excluding hydrogens is 287 g/mol. The molecule has 1 heterocycles. The first-order valence-electron chi connectivity index (χ1n) is 6.12. The maximum Gasteiger partial charge on any atom is 0.322 e. The Labute approximate surface area is 122 Å². The lowest BCUT2D eigenvalue weighted by molar-refractivity contribution is -0.0530. The lowest BCUT2D eigenvalue weighted by Crippen LogP contribution is -2.49. The van der Waals surface area contributed by atoms with Gasteiger partial charge in [0.15, 0.2) is 0 Å². The average Bonchev–Trinajstić information content (AvgIpc) is 2.33. The Morgan fingerprint density at radius 1 is 1.32 bits per heavy atom. The second-order valence-corrected chi connectivity index (χ2v) is 5.48. The molecule has 0 aliphatic carbocycles. The van der Waals surface area contributed by atoms with Crippen molar-refractivity contribution in [2.24, 2.45) is 0 Å². The monoisotopic (exact) mass is 302 g/mol. The summed E-state index contributed by atoms with van der Waals surface area (Å²) < 4.78 is 5.59. The third-order valence-corrected chi connectivity index (χ3v) is 3.72. The van der Waals surface area contributed by atoms with Crippen LogP contribution < -0.4 is 5.32 Å². The van der Waals surface area contributed by atoms with Crippen molar-refractivity contribution in [3.8, 4) is 0 Å². The number of nitrogens with one attached hydrogen (secondary N) is 1. The molecule has 0 radical (unpaired) electrons. The number of carbonyl (C=O) groups excluding carboxylic acids is 1. The van der Waals surface area contributed by atoms with Gasteiger partial charge in [0.1, 0.15) is 0 Å². The van der Waals surface area contributed by atoms with Crippen LogP contribution in [0.15, 0.2) is 18.2 Å². The fraction of sp³-hybridized carbons (Fsp3) is 0.462. The third kappa shape index (κ3) is 3.53. The van der Waals surface area contributed by atoms with Gasteiger partial charge in [-0.1, -0.05) is 29.3 Å². The maximum atomic E-state index is 12.2. The molecule has 19 heavy (non-hydrogen) atoms. The predicted octanol–water partition coefficient (Wildman–Crippen LogP) is 3.63. The molecule has 1 aromatic carbocycles. The number of urea groups is 1. The zero-order valence-electron chi connectivity index (χ0n) is 10.8. The van der Waals surface area contributed by atoms with Gasteiger partial charge in [-0.05, 0) is 26.0 Å². The van der Waals surface area contributed by atoms with E-state index in [1.54, 1.807) is 23.1 Å². The molecule has 1 fully saturated rings. The first-order valence-corrected chi connectivity index (χ1v) is 6.88. The molecular formula is C13H16Cl2N2O2. The van der Waals surface area contributed by atoms with E-state index >= 15 is 0 Å². The van der Waals surface area contributed by atoms with Gasteiger partial charge < -0.3 is 15.0 Å². The SMILES string of the molecule is C[C@H]1CN(C(=O)Nc2cccc(Cl)c2Cl)C[C@H](C)O1.